The van der Waals surface area contributed by atoms with Crippen LogP contribution in [0.5, 0.6) is 0 Å². The molecule has 0 fully saturated rings. The highest BCUT2D eigenvalue weighted by Gasteiger charge is 2.14. The second-order valence-corrected chi connectivity index (χ2v) is 4.76. The van der Waals surface area contributed by atoms with Crippen LogP contribution in [0.4, 0.5) is 14.5 Å². The third-order valence-corrected chi connectivity index (χ3v) is 3.11. The Morgan fingerprint density at radius 1 is 1.18 bits per heavy atom. The Hall–Kier alpha value is -2.89. The molecule has 0 bridgehead atoms. The number of carbonyl (C=O) groups excluding carboxylic acids is 1. The lowest BCUT2D eigenvalue weighted by molar-refractivity contribution is 0.102. The molecule has 4 nitrogen and oxygen atoms in total. The maximum absolute atomic E-state index is 13.8. The number of fused-ring (bicyclic) bond motifs is 1. The highest BCUT2D eigenvalue weighted by Crippen LogP contribution is 2.26. The Morgan fingerprint density at radius 3 is 2.73 bits per heavy atom. The third kappa shape index (κ3) is 2.63. The van der Waals surface area contributed by atoms with E-state index in [0.717, 1.165) is 12.1 Å². The number of benzene rings is 1. The fraction of sp³-hybridized carbons (Fsp3) is 0.0625. The Labute approximate surface area is 124 Å². The van der Waals surface area contributed by atoms with E-state index in [1.54, 1.807) is 31.2 Å². The Kier molecular flexibility index (Phi) is 3.50. The number of hydrogen-bond donors (Lipinski definition) is 1. The van der Waals surface area contributed by atoms with E-state index in [9.17, 15) is 13.6 Å². The molecule has 3 aromatic rings. The molecule has 0 spiro atoms. The van der Waals surface area contributed by atoms with Gasteiger partial charge < -0.3 is 5.32 Å². The van der Waals surface area contributed by atoms with Crippen molar-refractivity contribution in [1.29, 1.82) is 0 Å². The maximum Gasteiger partial charge on any atom is 0.274 e. The van der Waals surface area contributed by atoms with Crippen molar-refractivity contribution in [2.24, 2.45) is 0 Å². The van der Waals surface area contributed by atoms with Gasteiger partial charge in [-0.2, -0.15) is 0 Å². The molecule has 0 unspecified atom stereocenters. The van der Waals surface area contributed by atoms with Crippen LogP contribution in [-0.2, 0) is 0 Å². The average Bonchev–Trinajstić information content (AvgIpc) is 2.49. The van der Waals surface area contributed by atoms with Crippen molar-refractivity contribution >= 4 is 22.5 Å². The van der Waals surface area contributed by atoms with Crippen LogP contribution in [0.1, 0.15) is 16.2 Å². The highest BCUT2D eigenvalue weighted by molar-refractivity contribution is 6.07. The molecule has 3 rings (SSSR count). The van der Waals surface area contributed by atoms with Gasteiger partial charge in [-0.1, -0.05) is 6.07 Å². The molecule has 0 saturated carbocycles. The zero-order valence-corrected chi connectivity index (χ0v) is 11.6. The molecule has 0 atom stereocenters. The smallest absolute Gasteiger partial charge is 0.274 e. The summed E-state index contributed by atoms with van der Waals surface area (Å²) in [7, 11) is 0. The number of pyridine rings is 2. The molecule has 0 aliphatic carbocycles. The lowest BCUT2D eigenvalue weighted by Gasteiger charge is -2.10. The number of nitrogens with one attached hydrogen (secondary N) is 1. The number of carbonyl (C=O) groups is 1. The lowest BCUT2D eigenvalue weighted by Crippen LogP contribution is -2.14. The monoisotopic (exact) mass is 299 g/mol. The second kappa shape index (κ2) is 5.48. The Morgan fingerprint density at radius 2 is 2.00 bits per heavy atom. The van der Waals surface area contributed by atoms with Crippen LogP contribution in [-0.4, -0.2) is 15.9 Å². The zero-order chi connectivity index (χ0) is 15.7. The molecule has 1 aromatic carbocycles. The first-order chi connectivity index (χ1) is 10.5. The third-order valence-electron chi connectivity index (χ3n) is 3.11. The predicted molar refractivity (Wildman–Crippen MR) is 78.6 cm³/mol. The number of halogens is 2. The quantitative estimate of drug-likeness (QED) is 0.788. The summed E-state index contributed by atoms with van der Waals surface area (Å²) in [5.41, 5.74) is 1.02. The van der Waals surface area contributed by atoms with Gasteiger partial charge in [0.2, 0.25) is 0 Å². The van der Waals surface area contributed by atoms with Crippen molar-refractivity contribution in [2.75, 3.05) is 5.32 Å². The standard InChI is InChI=1S/C16H11F2N3O/c1-9-6-14(21-16(22)13-4-2-3-5-19-13)11-7-10(17)8-12(18)15(11)20-9/h2-8H,1H3,(H,20,21,22). The molecule has 2 aromatic heterocycles. The van der Waals surface area contributed by atoms with Crippen molar-refractivity contribution < 1.29 is 13.6 Å². The van der Waals surface area contributed by atoms with Crippen molar-refractivity contribution in [3.8, 4) is 0 Å². The van der Waals surface area contributed by atoms with Crippen molar-refractivity contribution in [3.05, 3.63) is 65.6 Å². The molecule has 0 radical (unpaired) electrons. The van der Waals surface area contributed by atoms with Crippen LogP contribution in [0.15, 0.2) is 42.6 Å². The van der Waals surface area contributed by atoms with Gasteiger partial charge in [0.15, 0.2) is 5.82 Å². The molecule has 1 N–H and O–H groups in total. The molecule has 110 valence electrons. The minimum atomic E-state index is -0.771. The van der Waals surface area contributed by atoms with Gasteiger partial charge >= 0.3 is 0 Å². The largest absolute Gasteiger partial charge is 0.320 e. The maximum atomic E-state index is 13.8. The zero-order valence-electron chi connectivity index (χ0n) is 11.6. The molecule has 2 heterocycles. The lowest BCUT2D eigenvalue weighted by atomic mass is 10.1. The first-order valence-electron chi connectivity index (χ1n) is 6.53. The Balaban J connectivity index is 2.09. The summed E-state index contributed by atoms with van der Waals surface area (Å²) in [6, 6.07) is 8.37. The fourth-order valence-corrected chi connectivity index (χ4v) is 2.17. The summed E-state index contributed by atoms with van der Waals surface area (Å²) in [6.07, 6.45) is 1.49. The number of anilines is 1. The van der Waals surface area contributed by atoms with Crippen LogP contribution >= 0.6 is 0 Å². The van der Waals surface area contributed by atoms with E-state index in [1.807, 2.05) is 0 Å². The number of aryl methyl sites for hydroxylation is 1. The fourth-order valence-electron chi connectivity index (χ4n) is 2.17. The minimum Gasteiger partial charge on any atom is -0.320 e. The highest BCUT2D eigenvalue weighted by atomic mass is 19.1. The van der Waals surface area contributed by atoms with Gasteiger partial charge in [-0.05, 0) is 31.2 Å². The second-order valence-electron chi connectivity index (χ2n) is 4.76. The van der Waals surface area contributed by atoms with Gasteiger partial charge in [-0.3, -0.25) is 9.78 Å². The van der Waals surface area contributed by atoms with E-state index in [1.165, 1.54) is 6.20 Å². The molecule has 22 heavy (non-hydrogen) atoms. The molecule has 1 amide bonds. The van der Waals surface area contributed by atoms with Crippen LogP contribution in [0, 0.1) is 18.6 Å². The predicted octanol–water partition coefficient (Wildman–Crippen LogP) is 3.47. The van der Waals surface area contributed by atoms with E-state index < -0.39 is 17.5 Å². The summed E-state index contributed by atoms with van der Waals surface area (Å²) >= 11 is 0. The van der Waals surface area contributed by atoms with Gasteiger partial charge in [0, 0.05) is 23.3 Å². The van der Waals surface area contributed by atoms with Crippen LogP contribution in [0.2, 0.25) is 0 Å². The van der Waals surface area contributed by atoms with E-state index >= 15 is 0 Å². The van der Waals surface area contributed by atoms with Crippen molar-refractivity contribution in [1.82, 2.24) is 9.97 Å². The van der Waals surface area contributed by atoms with Gasteiger partial charge in [0.05, 0.1) is 5.69 Å². The van der Waals surface area contributed by atoms with Crippen LogP contribution < -0.4 is 5.32 Å². The summed E-state index contributed by atoms with van der Waals surface area (Å²) in [5.74, 6) is -1.96. The number of amides is 1. The minimum absolute atomic E-state index is 0.0118. The molecular formula is C16H11F2N3O. The average molecular weight is 299 g/mol. The van der Waals surface area contributed by atoms with Gasteiger partial charge in [-0.25, -0.2) is 13.8 Å². The molecule has 0 aliphatic heterocycles. The van der Waals surface area contributed by atoms with Crippen LogP contribution in [0.3, 0.4) is 0 Å². The number of nitrogens with zero attached hydrogens (tertiary/aromatic N) is 2. The number of hydrogen-bond acceptors (Lipinski definition) is 3. The SMILES string of the molecule is Cc1cc(NC(=O)c2ccccn2)c2cc(F)cc(F)c2n1. The molecular weight excluding hydrogens is 288 g/mol. The number of rotatable bonds is 2. The van der Waals surface area contributed by atoms with Crippen molar-refractivity contribution in [3.63, 3.8) is 0 Å². The van der Waals surface area contributed by atoms with Crippen molar-refractivity contribution in [2.45, 2.75) is 6.92 Å². The summed E-state index contributed by atoms with van der Waals surface area (Å²) in [4.78, 5) is 20.1. The van der Waals surface area contributed by atoms with Gasteiger partial charge in [-0.15, -0.1) is 0 Å². The summed E-state index contributed by atoms with van der Waals surface area (Å²) in [6.45, 7) is 1.67. The van der Waals surface area contributed by atoms with E-state index in [0.29, 0.717) is 5.69 Å². The van der Waals surface area contributed by atoms with E-state index in [4.69, 9.17) is 0 Å². The topological polar surface area (TPSA) is 54.9 Å². The first kappa shape index (κ1) is 14.1. The Bertz CT molecular complexity index is 866. The molecule has 0 aliphatic rings. The van der Waals surface area contributed by atoms with E-state index in [2.05, 4.69) is 15.3 Å². The van der Waals surface area contributed by atoms with Gasteiger partial charge in [0.1, 0.15) is 17.0 Å². The molecule has 0 saturated heterocycles. The molecule has 6 heteroatoms. The summed E-state index contributed by atoms with van der Waals surface area (Å²) < 4.78 is 27.3. The first-order valence-corrected chi connectivity index (χ1v) is 6.53. The summed E-state index contributed by atoms with van der Waals surface area (Å²) in [5, 5.41) is 2.82. The van der Waals surface area contributed by atoms with Crippen LogP contribution in [0.25, 0.3) is 10.9 Å². The van der Waals surface area contributed by atoms with Gasteiger partial charge in [0.25, 0.3) is 5.91 Å². The van der Waals surface area contributed by atoms with E-state index in [-0.39, 0.29) is 22.3 Å². The number of aromatic nitrogens is 2. The normalized spacial score (nSPS) is 10.7.